The van der Waals surface area contributed by atoms with Crippen molar-refractivity contribution in [1.29, 1.82) is 0 Å². The monoisotopic (exact) mass is 186 g/mol. The van der Waals surface area contributed by atoms with Crippen LogP contribution in [0.3, 0.4) is 0 Å². The molecule has 1 rings (SSSR count). The highest BCUT2D eigenvalue weighted by Crippen LogP contribution is 2.11. The van der Waals surface area contributed by atoms with Crippen LogP contribution in [0.4, 0.5) is 0 Å². The first-order chi connectivity index (χ1) is 5.84. The number of imidazole rings is 1. The second kappa shape index (κ2) is 5.22. The summed E-state index contributed by atoms with van der Waals surface area (Å²) in [7, 11) is 1.99. The minimum absolute atomic E-state index is 0.290. The van der Waals surface area contributed by atoms with Gasteiger partial charge in [0.15, 0.2) is 0 Å². The third-order valence-electron chi connectivity index (χ3n) is 1.61. The van der Waals surface area contributed by atoms with Crippen molar-refractivity contribution in [2.75, 3.05) is 12.4 Å². The molecule has 0 radical (unpaired) electrons. The Morgan fingerprint density at radius 2 is 2.50 bits per heavy atom. The molecule has 1 N–H and O–H groups in total. The maximum absolute atomic E-state index is 8.55. The average molecular weight is 186 g/mol. The van der Waals surface area contributed by atoms with E-state index < -0.39 is 0 Å². The first kappa shape index (κ1) is 9.61. The molecular formula is C8H14N2OS. The third kappa shape index (κ3) is 2.87. The Kier molecular flexibility index (Phi) is 4.18. The van der Waals surface area contributed by atoms with Gasteiger partial charge in [0.05, 0.1) is 6.33 Å². The lowest BCUT2D eigenvalue weighted by Gasteiger charge is -2.00. The van der Waals surface area contributed by atoms with Gasteiger partial charge in [0.25, 0.3) is 0 Å². The lowest BCUT2D eigenvalue weighted by molar-refractivity contribution is 0.296. The van der Waals surface area contributed by atoms with E-state index in [0.29, 0.717) is 6.61 Å². The van der Waals surface area contributed by atoms with Crippen LogP contribution >= 0.6 is 11.8 Å². The fourth-order valence-corrected chi connectivity index (χ4v) is 1.83. The summed E-state index contributed by atoms with van der Waals surface area (Å²) in [5.74, 6) is 2.00. The van der Waals surface area contributed by atoms with Crippen LogP contribution in [0.15, 0.2) is 12.5 Å². The smallest absolute Gasteiger partial charge is 0.0945 e. The number of aromatic nitrogens is 2. The molecule has 0 bridgehead atoms. The number of hydrogen-bond acceptors (Lipinski definition) is 3. The first-order valence-electron chi connectivity index (χ1n) is 3.98. The minimum Gasteiger partial charge on any atom is -0.396 e. The van der Waals surface area contributed by atoms with E-state index in [0.717, 1.165) is 17.9 Å². The van der Waals surface area contributed by atoms with Gasteiger partial charge in [-0.15, -0.1) is 0 Å². The zero-order valence-electron chi connectivity index (χ0n) is 7.23. The Balaban J connectivity index is 2.20. The summed E-state index contributed by atoms with van der Waals surface area (Å²) in [6.07, 6.45) is 4.57. The maximum atomic E-state index is 8.55. The van der Waals surface area contributed by atoms with Crippen LogP contribution in [0.25, 0.3) is 0 Å². The number of thioether (sulfide) groups is 1. The van der Waals surface area contributed by atoms with E-state index in [1.807, 2.05) is 35.9 Å². The maximum Gasteiger partial charge on any atom is 0.0945 e. The molecule has 0 saturated carbocycles. The van der Waals surface area contributed by atoms with E-state index in [-0.39, 0.29) is 0 Å². The van der Waals surface area contributed by atoms with Gasteiger partial charge in [-0.1, -0.05) is 0 Å². The number of aryl methyl sites for hydroxylation is 1. The number of rotatable bonds is 5. The van der Waals surface area contributed by atoms with Crippen molar-refractivity contribution >= 4 is 11.8 Å². The molecule has 0 atom stereocenters. The molecule has 68 valence electrons. The molecule has 0 aliphatic carbocycles. The summed E-state index contributed by atoms with van der Waals surface area (Å²) >= 11 is 1.83. The topological polar surface area (TPSA) is 38.0 Å². The van der Waals surface area contributed by atoms with Gasteiger partial charge in [0.1, 0.15) is 0 Å². The van der Waals surface area contributed by atoms with Crippen molar-refractivity contribution in [3.05, 3.63) is 18.2 Å². The summed E-state index contributed by atoms with van der Waals surface area (Å²) < 4.78 is 2.02. The van der Waals surface area contributed by atoms with Crippen molar-refractivity contribution in [3.63, 3.8) is 0 Å². The Hall–Kier alpha value is -0.480. The molecule has 1 aromatic heterocycles. The van der Waals surface area contributed by atoms with E-state index in [2.05, 4.69) is 4.98 Å². The molecule has 0 fully saturated rings. The van der Waals surface area contributed by atoms with Crippen LogP contribution in [0.2, 0.25) is 0 Å². The molecular weight excluding hydrogens is 172 g/mol. The molecule has 0 spiro atoms. The highest BCUT2D eigenvalue weighted by molar-refractivity contribution is 7.98. The summed E-state index contributed by atoms with van der Waals surface area (Å²) in [5.41, 5.74) is 1.23. The van der Waals surface area contributed by atoms with Gasteiger partial charge in [-0.3, -0.25) is 0 Å². The predicted molar refractivity (Wildman–Crippen MR) is 51.1 cm³/mol. The molecule has 0 aromatic carbocycles. The fraction of sp³-hybridized carbons (Fsp3) is 0.625. The van der Waals surface area contributed by atoms with Gasteiger partial charge >= 0.3 is 0 Å². The molecule has 1 heterocycles. The van der Waals surface area contributed by atoms with Crippen LogP contribution in [-0.4, -0.2) is 27.0 Å². The molecule has 0 unspecified atom stereocenters. The van der Waals surface area contributed by atoms with Gasteiger partial charge in [-0.25, -0.2) is 4.98 Å². The van der Waals surface area contributed by atoms with Gasteiger partial charge < -0.3 is 9.67 Å². The van der Waals surface area contributed by atoms with Crippen LogP contribution in [0.5, 0.6) is 0 Å². The van der Waals surface area contributed by atoms with Crippen molar-refractivity contribution in [2.45, 2.75) is 12.2 Å². The lowest BCUT2D eigenvalue weighted by atomic mass is 10.5. The summed E-state index contributed by atoms with van der Waals surface area (Å²) in [4.78, 5) is 4.02. The summed E-state index contributed by atoms with van der Waals surface area (Å²) in [5, 5.41) is 8.55. The minimum atomic E-state index is 0.290. The Morgan fingerprint density at radius 3 is 3.08 bits per heavy atom. The lowest BCUT2D eigenvalue weighted by Crippen LogP contribution is -1.93. The van der Waals surface area contributed by atoms with Gasteiger partial charge in [-0.05, 0) is 12.2 Å². The van der Waals surface area contributed by atoms with Crippen molar-refractivity contribution in [1.82, 2.24) is 9.55 Å². The normalized spacial score (nSPS) is 10.5. The average Bonchev–Trinajstić information content (AvgIpc) is 2.46. The summed E-state index contributed by atoms with van der Waals surface area (Å²) in [6.45, 7) is 0.290. The molecule has 12 heavy (non-hydrogen) atoms. The number of nitrogens with zero attached hydrogens (tertiary/aromatic N) is 2. The third-order valence-corrected chi connectivity index (χ3v) is 2.69. The van der Waals surface area contributed by atoms with E-state index in [4.69, 9.17) is 5.11 Å². The molecule has 0 amide bonds. The number of aliphatic hydroxyl groups is 1. The first-order valence-corrected chi connectivity index (χ1v) is 5.14. The van der Waals surface area contributed by atoms with Crippen LogP contribution in [0, 0.1) is 0 Å². The molecule has 1 aromatic rings. The van der Waals surface area contributed by atoms with Gasteiger partial charge in [0.2, 0.25) is 0 Å². The van der Waals surface area contributed by atoms with Crippen molar-refractivity contribution in [2.24, 2.45) is 7.05 Å². The Morgan fingerprint density at radius 1 is 1.67 bits per heavy atom. The number of aliphatic hydroxyl groups excluding tert-OH is 1. The van der Waals surface area contributed by atoms with E-state index in [1.54, 1.807) is 0 Å². The quantitative estimate of drug-likeness (QED) is 0.698. The zero-order valence-corrected chi connectivity index (χ0v) is 8.05. The predicted octanol–water partition coefficient (Wildman–Crippen LogP) is 1.04. The molecule has 0 aliphatic heterocycles. The molecule has 4 heteroatoms. The summed E-state index contributed by atoms with van der Waals surface area (Å²) in [6, 6.07) is 0. The van der Waals surface area contributed by atoms with Crippen molar-refractivity contribution < 1.29 is 5.11 Å². The second-order valence-corrected chi connectivity index (χ2v) is 3.73. The Bertz CT molecular complexity index is 225. The van der Waals surface area contributed by atoms with Crippen LogP contribution in [0.1, 0.15) is 12.1 Å². The standard InChI is InChI=1S/C8H14N2OS/c1-10-7-9-5-8(10)6-12-4-2-3-11/h5,7,11H,2-4,6H2,1H3. The van der Waals surface area contributed by atoms with Crippen LogP contribution in [-0.2, 0) is 12.8 Å². The molecule has 3 nitrogen and oxygen atoms in total. The van der Waals surface area contributed by atoms with E-state index in [1.165, 1.54) is 5.69 Å². The molecule has 0 aliphatic rings. The highest BCUT2D eigenvalue weighted by Gasteiger charge is 1.97. The van der Waals surface area contributed by atoms with Gasteiger partial charge in [-0.2, -0.15) is 11.8 Å². The highest BCUT2D eigenvalue weighted by atomic mass is 32.2. The number of hydrogen-bond donors (Lipinski definition) is 1. The second-order valence-electron chi connectivity index (χ2n) is 2.63. The zero-order chi connectivity index (χ0) is 8.81. The SMILES string of the molecule is Cn1cncc1CSCCCO. The fourth-order valence-electron chi connectivity index (χ4n) is 0.867. The van der Waals surface area contributed by atoms with E-state index >= 15 is 0 Å². The van der Waals surface area contributed by atoms with Crippen molar-refractivity contribution in [3.8, 4) is 0 Å². The van der Waals surface area contributed by atoms with Crippen LogP contribution < -0.4 is 0 Å². The van der Waals surface area contributed by atoms with E-state index in [9.17, 15) is 0 Å². The largest absolute Gasteiger partial charge is 0.396 e. The Labute approximate surface area is 76.8 Å². The van der Waals surface area contributed by atoms with Gasteiger partial charge in [0, 0.05) is 31.3 Å². The molecule has 0 saturated heterocycles.